The van der Waals surface area contributed by atoms with Gasteiger partial charge in [0.15, 0.2) is 0 Å². The molecule has 2 rings (SSSR count). The van der Waals surface area contributed by atoms with E-state index in [1.807, 2.05) is 0 Å². The van der Waals surface area contributed by atoms with Gasteiger partial charge in [0.2, 0.25) is 0 Å². The summed E-state index contributed by atoms with van der Waals surface area (Å²) in [5.74, 6) is 0.594. The fourth-order valence-corrected chi connectivity index (χ4v) is 2.64. The van der Waals surface area contributed by atoms with E-state index in [9.17, 15) is 13.2 Å². The zero-order valence-electron chi connectivity index (χ0n) is 11.0. The lowest BCUT2D eigenvalue weighted by Gasteiger charge is -2.16. The van der Waals surface area contributed by atoms with Crippen LogP contribution in [-0.2, 0) is 6.18 Å². The minimum atomic E-state index is -4.26. The summed E-state index contributed by atoms with van der Waals surface area (Å²) >= 11 is 0. The molecule has 1 fully saturated rings. The van der Waals surface area contributed by atoms with Crippen molar-refractivity contribution in [2.75, 3.05) is 11.9 Å². The van der Waals surface area contributed by atoms with Gasteiger partial charge in [0.05, 0.1) is 5.56 Å². The minimum Gasteiger partial charge on any atom is -0.385 e. The van der Waals surface area contributed by atoms with Crippen LogP contribution < -0.4 is 5.32 Å². The molecule has 0 heterocycles. The van der Waals surface area contributed by atoms with Crippen molar-refractivity contribution in [2.24, 2.45) is 5.92 Å². The van der Waals surface area contributed by atoms with Crippen molar-refractivity contribution in [3.8, 4) is 0 Å². The third kappa shape index (κ3) is 4.44. The van der Waals surface area contributed by atoms with Gasteiger partial charge >= 0.3 is 6.18 Å². The molecule has 0 radical (unpaired) electrons. The Labute approximate surface area is 112 Å². The maximum Gasteiger partial charge on any atom is 0.416 e. The third-order valence-electron chi connectivity index (χ3n) is 3.76. The largest absolute Gasteiger partial charge is 0.416 e. The van der Waals surface area contributed by atoms with Gasteiger partial charge in [-0.3, -0.25) is 0 Å². The van der Waals surface area contributed by atoms with Crippen molar-refractivity contribution >= 4 is 5.69 Å². The Morgan fingerprint density at radius 3 is 2.37 bits per heavy atom. The molecule has 1 N–H and O–H groups in total. The summed E-state index contributed by atoms with van der Waals surface area (Å²) in [7, 11) is 0. The predicted octanol–water partition coefficient (Wildman–Crippen LogP) is 5.09. The second kappa shape index (κ2) is 6.31. The van der Waals surface area contributed by atoms with Gasteiger partial charge in [-0.25, -0.2) is 0 Å². The lowest BCUT2D eigenvalue weighted by molar-refractivity contribution is -0.137. The molecule has 19 heavy (non-hydrogen) atoms. The number of anilines is 1. The zero-order chi connectivity index (χ0) is 13.7. The van der Waals surface area contributed by atoms with Gasteiger partial charge in [0.1, 0.15) is 0 Å². The second-order valence-corrected chi connectivity index (χ2v) is 5.32. The van der Waals surface area contributed by atoms with E-state index in [0.717, 1.165) is 12.6 Å². The molecule has 1 aromatic rings. The molecule has 0 saturated heterocycles. The fourth-order valence-electron chi connectivity index (χ4n) is 2.64. The van der Waals surface area contributed by atoms with E-state index in [1.165, 1.54) is 50.7 Å². The van der Waals surface area contributed by atoms with Crippen LogP contribution in [0.1, 0.15) is 44.1 Å². The number of hydrogen-bond acceptors (Lipinski definition) is 1. The van der Waals surface area contributed by atoms with Gasteiger partial charge in [0, 0.05) is 12.2 Å². The van der Waals surface area contributed by atoms with Gasteiger partial charge in [-0.05, 0) is 37.0 Å². The van der Waals surface area contributed by atoms with Gasteiger partial charge in [-0.15, -0.1) is 0 Å². The van der Waals surface area contributed by atoms with E-state index in [2.05, 4.69) is 5.32 Å². The summed E-state index contributed by atoms with van der Waals surface area (Å²) in [6.45, 7) is 0.779. The van der Waals surface area contributed by atoms with Gasteiger partial charge in [0.25, 0.3) is 0 Å². The first kappa shape index (κ1) is 14.2. The van der Waals surface area contributed by atoms with E-state index in [0.29, 0.717) is 11.6 Å². The molecular weight excluding hydrogens is 251 g/mol. The highest BCUT2D eigenvalue weighted by Gasteiger charge is 2.30. The standard InChI is InChI=1S/C15H20F3N/c16-15(17,18)13-8-5-9-14(10-13)19-11-12-6-3-1-2-4-7-12/h5,8-10,12,19H,1-4,6-7,11H2. The first-order valence-corrected chi connectivity index (χ1v) is 6.97. The van der Waals surface area contributed by atoms with Crippen molar-refractivity contribution in [3.63, 3.8) is 0 Å². The fraction of sp³-hybridized carbons (Fsp3) is 0.600. The Hall–Kier alpha value is -1.19. The molecule has 0 atom stereocenters. The van der Waals surface area contributed by atoms with E-state index in [4.69, 9.17) is 0 Å². The Morgan fingerprint density at radius 2 is 1.74 bits per heavy atom. The van der Waals surface area contributed by atoms with Crippen LogP contribution in [0.2, 0.25) is 0 Å². The number of rotatable bonds is 3. The molecule has 1 saturated carbocycles. The number of hydrogen-bond donors (Lipinski definition) is 1. The normalized spacial score (nSPS) is 18.1. The average Bonchev–Trinajstić information content (AvgIpc) is 2.64. The van der Waals surface area contributed by atoms with Crippen molar-refractivity contribution in [1.82, 2.24) is 0 Å². The highest BCUT2D eigenvalue weighted by Crippen LogP contribution is 2.31. The summed E-state index contributed by atoms with van der Waals surface area (Å²) in [6.07, 6.45) is 3.18. The van der Waals surface area contributed by atoms with E-state index >= 15 is 0 Å². The van der Waals surface area contributed by atoms with E-state index < -0.39 is 11.7 Å². The Morgan fingerprint density at radius 1 is 1.05 bits per heavy atom. The molecule has 1 aliphatic rings. The topological polar surface area (TPSA) is 12.0 Å². The lowest BCUT2D eigenvalue weighted by Crippen LogP contribution is -2.14. The molecule has 0 bridgehead atoms. The quantitative estimate of drug-likeness (QED) is 0.755. The average molecular weight is 271 g/mol. The maximum atomic E-state index is 12.6. The summed E-state index contributed by atoms with van der Waals surface area (Å²) in [5, 5.41) is 3.15. The number of benzene rings is 1. The monoisotopic (exact) mass is 271 g/mol. The highest BCUT2D eigenvalue weighted by molar-refractivity contribution is 5.46. The van der Waals surface area contributed by atoms with Gasteiger partial charge < -0.3 is 5.32 Å². The maximum absolute atomic E-state index is 12.6. The van der Waals surface area contributed by atoms with Crippen LogP contribution in [0.3, 0.4) is 0 Å². The summed E-state index contributed by atoms with van der Waals surface area (Å²) in [4.78, 5) is 0. The smallest absolute Gasteiger partial charge is 0.385 e. The van der Waals surface area contributed by atoms with Crippen LogP contribution in [0, 0.1) is 5.92 Å². The molecule has 1 nitrogen and oxygen atoms in total. The Bertz CT molecular complexity index is 393. The first-order valence-electron chi connectivity index (χ1n) is 6.97. The molecule has 0 unspecified atom stereocenters. The minimum absolute atomic E-state index is 0.569. The highest BCUT2D eigenvalue weighted by atomic mass is 19.4. The van der Waals surface area contributed by atoms with Gasteiger partial charge in [-0.2, -0.15) is 13.2 Å². The van der Waals surface area contributed by atoms with E-state index in [1.54, 1.807) is 6.07 Å². The number of alkyl halides is 3. The first-order chi connectivity index (χ1) is 9.05. The molecule has 0 aromatic heterocycles. The molecule has 0 aliphatic heterocycles. The van der Waals surface area contributed by atoms with Crippen molar-refractivity contribution in [3.05, 3.63) is 29.8 Å². The SMILES string of the molecule is FC(F)(F)c1cccc(NCC2CCCCCC2)c1. The number of nitrogens with one attached hydrogen (secondary N) is 1. The predicted molar refractivity (Wildman–Crippen MR) is 71.1 cm³/mol. The van der Waals surface area contributed by atoms with Crippen molar-refractivity contribution in [1.29, 1.82) is 0 Å². The molecular formula is C15H20F3N. The molecule has 4 heteroatoms. The van der Waals surface area contributed by atoms with E-state index in [-0.39, 0.29) is 0 Å². The molecule has 0 spiro atoms. The summed E-state index contributed by atoms with van der Waals surface area (Å²) in [5.41, 5.74) is -0.0163. The molecule has 1 aliphatic carbocycles. The molecule has 0 amide bonds. The lowest BCUT2D eigenvalue weighted by atomic mass is 10.0. The van der Waals surface area contributed by atoms with Gasteiger partial charge in [-0.1, -0.05) is 31.7 Å². The molecule has 1 aromatic carbocycles. The van der Waals surface area contributed by atoms with Crippen LogP contribution in [0.5, 0.6) is 0 Å². The Kier molecular flexibility index (Phi) is 4.72. The summed E-state index contributed by atoms with van der Waals surface area (Å²) < 4.78 is 37.8. The third-order valence-corrected chi connectivity index (χ3v) is 3.76. The van der Waals surface area contributed by atoms with Crippen molar-refractivity contribution in [2.45, 2.75) is 44.7 Å². The van der Waals surface area contributed by atoms with Crippen molar-refractivity contribution < 1.29 is 13.2 Å². The van der Waals surface area contributed by atoms with Crippen LogP contribution in [0.15, 0.2) is 24.3 Å². The van der Waals surface area contributed by atoms with Crippen LogP contribution in [0.4, 0.5) is 18.9 Å². The second-order valence-electron chi connectivity index (χ2n) is 5.32. The van der Waals surface area contributed by atoms with Crippen LogP contribution >= 0.6 is 0 Å². The van der Waals surface area contributed by atoms with Crippen LogP contribution in [0.25, 0.3) is 0 Å². The Balaban J connectivity index is 1.92. The summed E-state index contributed by atoms with van der Waals surface area (Å²) in [6, 6.07) is 5.46. The zero-order valence-corrected chi connectivity index (χ0v) is 11.0. The van der Waals surface area contributed by atoms with Crippen LogP contribution in [-0.4, -0.2) is 6.54 Å². The molecule has 106 valence electrons. The number of halogens is 3.